The van der Waals surface area contributed by atoms with Crippen LogP contribution < -0.4 is 16.1 Å². The van der Waals surface area contributed by atoms with Crippen LogP contribution >= 0.6 is 18.9 Å². The second-order valence-corrected chi connectivity index (χ2v) is 8.93. The lowest BCUT2D eigenvalue weighted by molar-refractivity contribution is 0.433. The van der Waals surface area contributed by atoms with Crippen LogP contribution in [-0.2, 0) is 4.57 Å². The average Bonchev–Trinajstić information content (AvgIpc) is 3.19. The third-order valence-corrected chi connectivity index (χ3v) is 7.27. The van der Waals surface area contributed by atoms with Crippen LogP contribution in [-0.4, -0.2) is 4.78 Å². The minimum Gasteiger partial charge on any atom is -0.288 e. The molecule has 3 aromatic rings. The van der Waals surface area contributed by atoms with Gasteiger partial charge in [-0.3, -0.25) is 4.57 Å². The summed E-state index contributed by atoms with van der Waals surface area (Å²) in [5.74, 6) is 0.466. The molecule has 0 spiro atoms. The van der Waals surface area contributed by atoms with Crippen LogP contribution in [0.4, 0.5) is 0 Å². The largest absolute Gasteiger partial charge is 0.288 e. The Hall–Kier alpha value is -2.88. The van der Waals surface area contributed by atoms with Gasteiger partial charge in [0.1, 0.15) is 0 Å². The van der Waals surface area contributed by atoms with Crippen molar-refractivity contribution in [2.75, 3.05) is 0 Å². The van der Waals surface area contributed by atoms with Crippen molar-refractivity contribution in [3.8, 4) is 0 Å². The summed E-state index contributed by atoms with van der Waals surface area (Å²) in [5.41, 5.74) is 3.69. The number of nitrogens with zero attached hydrogens (tertiary/aromatic N) is 3. The van der Waals surface area contributed by atoms with Crippen molar-refractivity contribution in [3.63, 3.8) is 0 Å². The number of rotatable bonds is 4. The molecule has 0 saturated heterocycles. The second kappa shape index (κ2) is 7.39. The highest BCUT2D eigenvalue weighted by molar-refractivity contribution is 7.76. The number of hydrogen-bond acceptors (Lipinski definition) is 4. The maximum Gasteiger partial charge on any atom is 0.250 e. The van der Waals surface area contributed by atoms with Gasteiger partial charge in [0.2, 0.25) is 7.29 Å². The van der Waals surface area contributed by atoms with E-state index in [1.165, 1.54) is 0 Å². The number of halogens is 1. The quantitative estimate of drug-likeness (QED) is 0.649. The molecule has 7 heteroatoms. The summed E-state index contributed by atoms with van der Waals surface area (Å²) in [7, 11) is -3.23. The fourth-order valence-electron chi connectivity index (χ4n) is 2.86. The Morgan fingerprint density at radius 2 is 1.41 bits per heavy atom. The van der Waals surface area contributed by atoms with Crippen molar-refractivity contribution in [1.82, 2.24) is 10.3 Å². The summed E-state index contributed by atoms with van der Waals surface area (Å²) >= 11 is 5.96. The van der Waals surface area contributed by atoms with Crippen molar-refractivity contribution in [2.45, 2.75) is 0 Å². The minimum absolute atomic E-state index is 0.466. The molecule has 27 heavy (non-hydrogen) atoms. The van der Waals surface area contributed by atoms with Crippen molar-refractivity contribution in [2.24, 2.45) is 10.3 Å². The predicted octanol–water partition coefficient (Wildman–Crippen LogP) is 4.75. The normalized spacial score (nSPS) is 15.1. The Kier molecular flexibility index (Phi) is 4.80. The molecule has 0 unspecified atom stereocenters. The monoisotopic (exact) mass is 394 g/mol. The predicted molar refractivity (Wildman–Crippen MR) is 109 cm³/mol. The zero-order chi connectivity index (χ0) is 18.7. The van der Waals surface area contributed by atoms with Gasteiger partial charge >= 0.3 is 0 Å². The third-order valence-electron chi connectivity index (χ3n) is 4.17. The van der Waals surface area contributed by atoms with E-state index in [1.54, 1.807) is 16.9 Å². The van der Waals surface area contributed by atoms with Crippen molar-refractivity contribution < 1.29 is 4.57 Å². The van der Waals surface area contributed by atoms with E-state index in [0.29, 0.717) is 21.5 Å². The van der Waals surface area contributed by atoms with E-state index in [9.17, 15) is 4.57 Å². The molecule has 0 amide bonds. The first kappa shape index (κ1) is 17.5. The lowest BCUT2D eigenvalue weighted by Crippen LogP contribution is -2.35. The van der Waals surface area contributed by atoms with Gasteiger partial charge < -0.3 is 0 Å². The van der Waals surface area contributed by atoms with E-state index in [2.05, 4.69) is 15.9 Å². The third kappa shape index (κ3) is 3.39. The van der Waals surface area contributed by atoms with Crippen LogP contribution in [0.2, 0.25) is 5.02 Å². The molecular formula is C20H16ClN4OP. The van der Waals surface area contributed by atoms with E-state index in [1.807, 2.05) is 78.9 Å². The molecule has 5 nitrogen and oxygen atoms in total. The first-order valence-electron chi connectivity index (χ1n) is 8.33. The molecule has 1 aliphatic heterocycles. The van der Waals surface area contributed by atoms with Crippen LogP contribution in [0.3, 0.4) is 0 Å². The Bertz CT molecular complexity index is 993. The summed E-state index contributed by atoms with van der Waals surface area (Å²) in [5, 5.41) is 10.1. The first-order chi connectivity index (χ1) is 13.2. The van der Waals surface area contributed by atoms with E-state index in [4.69, 9.17) is 11.6 Å². The summed E-state index contributed by atoms with van der Waals surface area (Å²) in [6.45, 7) is 0. The summed E-state index contributed by atoms with van der Waals surface area (Å²) in [4.78, 5) is 0. The molecule has 0 aliphatic carbocycles. The lowest BCUT2D eigenvalue weighted by atomic mass is 10.2. The van der Waals surface area contributed by atoms with Gasteiger partial charge in [-0.15, -0.1) is 5.11 Å². The molecule has 0 atom stereocenters. The summed E-state index contributed by atoms with van der Waals surface area (Å²) in [6.07, 6.45) is 1.82. The molecule has 0 radical (unpaired) electrons. The zero-order valence-corrected chi connectivity index (χ0v) is 15.9. The average molecular weight is 395 g/mol. The second-order valence-electron chi connectivity index (χ2n) is 5.91. The fourth-order valence-corrected chi connectivity index (χ4v) is 5.45. The van der Waals surface area contributed by atoms with Crippen LogP contribution in [0.5, 0.6) is 0 Å². The zero-order valence-electron chi connectivity index (χ0n) is 14.2. The smallest absolute Gasteiger partial charge is 0.250 e. The van der Waals surface area contributed by atoms with E-state index < -0.39 is 7.29 Å². The highest BCUT2D eigenvalue weighted by Gasteiger charge is 2.38. The Balaban J connectivity index is 1.83. The molecule has 3 aromatic carbocycles. The Labute approximate surface area is 162 Å². The van der Waals surface area contributed by atoms with Gasteiger partial charge in [0.15, 0.2) is 5.82 Å². The van der Waals surface area contributed by atoms with Crippen molar-refractivity contribution in [1.29, 1.82) is 0 Å². The maximum atomic E-state index is 14.4. The highest BCUT2D eigenvalue weighted by atomic mass is 35.5. The number of benzene rings is 3. The summed E-state index contributed by atoms with van der Waals surface area (Å²) < 4.78 is 15.9. The molecule has 0 saturated carbocycles. The SMILES string of the molecule is O=P(c1ccccc1)(c1ccccc1)N1NN=N/C1=C\c1ccc(Cl)cc1. The van der Waals surface area contributed by atoms with Gasteiger partial charge in [-0.05, 0) is 48.0 Å². The van der Waals surface area contributed by atoms with E-state index in [0.717, 1.165) is 5.56 Å². The summed E-state index contributed by atoms with van der Waals surface area (Å²) in [6, 6.07) is 26.0. The van der Waals surface area contributed by atoms with Gasteiger partial charge in [-0.1, -0.05) is 65.4 Å². The van der Waals surface area contributed by atoms with E-state index >= 15 is 0 Å². The van der Waals surface area contributed by atoms with Gasteiger partial charge in [0, 0.05) is 15.6 Å². The fraction of sp³-hybridized carbons (Fsp3) is 0. The van der Waals surface area contributed by atoms with Crippen molar-refractivity contribution >= 4 is 35.6 Å². The minimum atomic E-state index is -3.23. The van der Waals surface area contributed by atoms with Gasteiger partial charge in [0.05, 0.1) is 0 Å². The number of hydrazine groups is 1. The molecular weight excluding hydrogens is 379 g/mol. The van der Waals surface area contributed by atoms with Gasteiger partial charge in [0.25, 0.3) is 0 Å². The lowest BCUT2D eigenvalue weighted by Gasteiger charge is -2.28. The standard InChI is InChI=1S/C20H16ClN4OP/c21-17-13-11-16(12-14-17)15-20-22-23-24-25(20)27(26,18-7-3-1-4-8-18)19-9-5-2-6-10-19/h1-15H,(H,22,24)/b20-15+. The molecule has 0 aromatic heterocycles. The molecule has 1 heterocycles. The number of hydrogen-bond donors (Lipinski definition) is 1. The molecule has 1 N–H and O–H groups in total. The molecule has 134 valence electrons. The topological polar surface area (TPSA) is 57.1 Å². The van der Waals surface area contributed by atoms with E-state index in [-0.39, 0.29) is 0 Å². The maximum absolute atomic E-state index is 14.4. The Morgan fingerprint density at radius 3 is 1.96 bits per heavy atom. The molecule has 4 rings (SSSR count). The van der Waals surface area contributed by atoms with Gasteiger partial charge in [-0.25, -0.2) is 0 Å². The van der Waals surface area contributed by atoms with Crippen LogP contribution in [0.25, 0.3) is 6.08 Å². The van der Waals surface area contributed by atoms with Crippen molar-refractivity contribution in [3.05, 3.63) is 101 Å². The van der Waals surface area contributed by atoms with Gasteiger partial charge in [-0.2, -0.15) is 10.3 Å². The first-order valence-corrected chi connectivity index (χ1v) is 10.4. The molecule has 1 aliphatic rings. The number of nitrogens with one attached hydrogen (secondary N) is 1. The van der Waals surface area contributed by atoms with Crippen LogP contribution in [0.15, 0.2) is 101 Å². The van der Waals surface area contributed by atoms with Crippen LogP contribution in [0, 0.1) is 0 Å². The molecule has 0 fully saturated rings. The highest BCUT2D eigenvalue weighted by Crippen LogP contribution is 2.50. The molecule has 0 bridgehead atoms. The Morgan fingerprint density at radius 1 is 0.852 bits per heavy atom. The van der Waals surface area contributed by atoms with Crippen LogP contribution in [0.1, 0.15) is 5.56 Å².